The third kappa shape index (κ3) is 4.15. The number of nitrogens with zero attached hydrogens (tertiary/aromatic N) is 4. The van der Waals surface area contributed by atoms with Crippen LogP contribution in [0, 0.1) is 0 Å². The van der Waals surface area contributed by atoms with E-state index in [0.717, 1.165) is 93.8 Å². The van der Waals surface area contributed by atoms with Crippen LogP contribution in [-0.4, -0.2) is 19.1 Å². The molecule has 0 N–H and O–H groups in total. The summed E-state index contributed by atoms with van der Waals surface area (Å²) < 4.78 is 11.1. The van der Waals surface area contributed by atoms with Gasteiger partial charge in [-0.15, -0.1) is 0 Å². The minimum atomic E-state index is 0.632. The van der Waals surface area contributed by atoms with Crippen molar-refractivity contribution in [1.82, 2.24) is 19.1 Å². The lowest BCUT2D eigenvalue weighted by Crippen LogP contribution is -2.04. The first kappa shape index (κ1) is 27.9. The molecule has 0 saturated heterocycles. The van der Waals surface area contributed by atoms with Crippen molar-refractivity contribution in [2.24, 2.45) is 0 Å². The molecule has 0 aliphatic carbocycles. The van der Waals surface area contributed by atoms with E-state index >= 15 is 0 Å². The third-order valence-electron chi connectivity index (χ3n) is 10.1. The van der Waals surface area contributed by atoms with Crippen molar-refractivity contribution >= 4 is 65.6 Å². The molecule has 7 aromatic carbocycles. The molecule has 11 rings (SSSR count). The van der Waals surface area contributed by atoms with Gasteiger partial charge < -0.3 is 8.98 Å². The summed E-state index contributed by atoms with van der Waals surface area (Å²) in [5.41, 5.74) is 11.1. The number of rotatable bonds is 4. The topological polar surface area (TPSA) is 48.8 Å². The average molecular weight is 653 g/mol. The molecular weight excluding hydrogens is 625 g/mol. The summed E-state index contributed by atoms with van der Waals surface area (Å²) in [7, 11) is 0. The van der Waals surface area contributed by atoms with E-state index in [9.17, 15) is 0 Å². The molecule has 0 amide bonds. The normalized spacial score (nSPS) is 11.9. The van der Waals surface area contributed by atoms with Crippen LogP contribution in [-0.2, 0) is 0 Å². The summed E-state index contributed by atoms with van der Waals surface area (Å²) in [5.74, 6) is 0.632. The maximum Gasteiger partial charge on any atom is 0.235 e. The van der Waals surface area contributed by atoms with Crippen LogP contribution in [0.5, 0.6) is 0 Å². The van der Waals surface area contributed by atoms with Gasteiger partial charge in [0.1, 0.15) is 11.2 Å². The molecule has 0 atom stereocenters. The van der Waals surface area contributed by atoms with E-state index in [-0.39, 0.29) is 0 Å². The Hall–Kier alpha value is -6.98. The fraction of sp³-hybridized carbons (Fsp3) is 0. The van der Waals surface area contributed by atoms with Gasteiger partial charge in [-0.05, 0) is 48.5 Å². The number of aromatic nitrogens is 4. The van der Waals surface area contributed by atoms with Crippen molar-refractivity contribution in [1.29, 1.82) is 0 Å². The number of furan rings is 1. The van der Waals surface area contributed by atoms with Gasteiger partial charge >= 0.3 is 0 Å². The van der Waals surface area contributed by atoms with Crippen LogP contribution in [0.1, 0.15) is 0 Å². The summed E-state index contributed by atoms with van der Waals surface area (Å²) in [6.45, 7) is 0. The zero-order chi connectivity index (χ0) is 33.5. The highest BCUT2D eigenvalue weighted by Gasteiger charge is 2.23. The van der Waals surface area contributed by atoms with Crippen molar-refractivity contribution in [3.63, 3.8) is 0 Å². The zero-order valence-corrected chi connectivity index (χ0v) is 27.4. The summed E-state index contributed by atoms with van der Waals surface area (Å²) in [4.78, 5) is 10.5. The van der Waals surface area contributed by atoms with Gasteiger partial charge in [-0.25, -0.2) is 9.97 Å². The Morgan fingerprint density at radius 2 is 1.02 bits per heavy atom. The van der Waals surface area contributed by atoms with Crippen molar-refractivity contribution < 1.29 is 4.42 Å². The van der Waals surface area contributed by atoms with Gasteiger partial charge in [0.15, 0.2) is 0 Å². The standard InChI is InChI=1S/C46H28N4O/c1-4-14-29(15-5-1)37-28-38(30-16-6-2-7-17-30)48-46(47-37)50-39-22-12-10-21-34(39)44-40(50)25-24-33-35-27-43-36(32-20-11-13-23-42(32)51-43)26-41(35)49(45(33)44)31-18-8-3-9-19-31/h1-28H. The first-order valence-corrected chi connectivity index (χ1v) is 17.2. The monoisotopic (exact) mass is 652 g/mol. The molecule has 0 aliphatic rings. The Bertz CT molecular complexity index is 3060. The minimum Gasteiger partial charge on any atom is -0.456 e. The molecule has 5 nitrogen and oxygen atoms in total. The molecule has 0 fully saturated rings. The Labute approximate surface area is 292 Å². The predicted molar refractivity (Wildman–Crippen MR) is 209 cm³/mol. The predicted octanol–water partition coefficient (Wildman–Crippen LogP) is 11.9. The molecule has 0 unspecified atom stereocenters. The molecule has 5 heteroatoms. The van der Waals surface area contributed by atoms with E-state index in [1.54, 1.807) is 0 Å². The van der Waals surface area contributed by atoms with Gasteiger partial charge in [0.2, 0.25) is 5.95 Å². The van der Waals surface area contributed by atoms with Crippen LogP contribution in [0.4, 0.5) is 0 Å². The second-order valence-corrected chi connectivity index (χ2v) is 13.0. The second kappa shape index (κ2) is 10.8. The molecule has 238 valence electrons. The number of benzene rings is 7. The first-order valence-electron chi connectivity index (χ1n) is 17.2. The van der Waals surface area contributed by atoms with Gasteiger partial charge in [0.05, 0.1) is 33.5 Å². The van der Waals surface area contributed by atoms with Crippen molar-refractivity contribution in [2.75, 3.05) is 0 Å². The number of hydrogen-bond donors (Lipinski definition) is 0. The number of para-hydroxylation sites is 3. The van der Waals surface area contributed by atoms with E-state index in [2.05, 4.69) is 155 Å². The molecule has 0 radical (unpaired) electrons. The van der Waals surface area contributed by atoms with Gasteiger partial charge in [0.25, 0.3) is 0 Å². The molecule has 11 aromatic rings. The minimum absolute atomic E-state index is 0.632. The van der Waals surface area contributed by atoms with Crippen molar-refractivity contribution in [3.8, 4) is 34.2 Å². The lowest BCUT2D eigenvalue weighted by molar-refractivity contribution is 0.669. The molecule has 4 heterocycles. The van der Waals surface area contributed by atoms with Crippen LogP contribution in [0.2, 0.25) is 0 Å². The Morgan fingerprint density at radius 1 is 0.392 bits per heavy atom. The average Bonchev–Trinajstić information content (AvgIpc) is 3.85. The smallest absolute Gasteiger partial charge is 0.235 e. The van der Waals surface area contributed by atoms with E-state index in [1.807, 2.05) is 24.3 Å². The number of fused-ring (bicyclic) bond motifs is 10. The van der Waals surface area contributed by atoms with Crippen LogP contribution in [0.25, 0.3) is 99.7 Å². The highest BCUT2D eigenvalue weighted by atomic mass is 16.3. The van der Waals surface area contributed by atoms with E-state index in [1.165, 1.54) is 0 Å². The van der Waals surface area contributed by atoms with Gasteiger partial charge in [-0.3, -0.25) is 4.57 Å². The summed E-state index contributed by atoms with van der Waals surface area (Å²) >= 11 is 0. The molecule has 0 spiro atoms. The maximum absolute atomic E-state index is 6.41. The first-order chi connectivity index (χ1) is 25.3. The highest BCUT2D eigenvalue weighted by Crippen LogP contribution is 2.44. The largest absolute Gasteiger partial charge is 0.456 e. The quantitative estimate of drug-likeness (QED) is 0.190. The van der Waals surface area contributed by atoms with Crippen molar-refractivity contribution in [2.45, 2.75) is 0 Å². The molecule has 0 saturated carbocycles. The lowest BCUT2D eigenvalue weighted by Gasteiger charge is -2.12. The molecule has 0 aliphatic heterocycles. The van der Waals surface area contributed by atoms with Crippen LogP contribution in [0.3, 0.4) is 0 Å². The zero-order valence-electron chi connectivity index (χ0n) is 27.4. The summed E-state index contributed by atoms with van der Waals surface area (Å²) in [6, 6.07) is 59.4. The molecule has 4 aromatic heterocycles. The third-order valence-corrected chi connectivity index (χ3v) is 10.1. The maximum atomic E-state index is 6.41. The van der Waals surface area contributed by atoms with Gasteiger partial charge in [-0.2, -0.15) is 0 Å². The Balaban J connectivity index is 1.29. The number of hydrogen-bond acceptors (Lipinski definition) is 3. The Morgan fingerprint density at radius 3 is 1.75 bits per heavy atom. The van der Waals surface area contributed by atoms with Gasteiger partial charge in [0, 0.05) is 49.1 Å². The van der Waals surface area contributed by atoms with Gasteiger partial charge in [-0.1, -0.05) is 121 Å². The molecular formula is C46H28N4O. The second-order valence-electron chi connectivity index (χ2n) is 13.0. The van der Waals surface area contributed by atoms with E-state index in [0.29, 0.717) is 5.95 Å². The van der Waals surface area contributed by atoms with Crippen LogP contribution in [0.15, 0.2) is 174 Å². The Kier molecular flexibility index (Phi) is 5.89. The SMILES string of the molecule is c1ccc(-c2cc(-c3ccccc3)nc(-n3c4ccccc4c4c3ccc3c5cc6oc7ccccc7c6cc5n(-c5ccccc5)c34)n2)cc1. The highest BCUT2D eigenvalue weighted by molar-refractivity contribution is 6.27. The van der Waals surface area contributed by atoms with Crippen LogP contribution < -0.4 is 0 Å². The van der Waals surface area contributed by atoms with Crippen LogP contribution >= 0.6 is 0 Å². The molecule has 51 heavy (non-hydrogen) atoms. The van der Waals surface area contributed by atoms with Crippen molar-refractivity contribution in [3.05, 3.63) is 170 Å². The fourth-order valence-electron chi connectivity index (χ4n) is 7.88. The van der Waals surface area contributed by atoms with E-state index < -0.39 is 0 Å². The lowest BCUT2D eigenvalue weighted by atomic mass is 10.1. The summed E-state index contributed by atoms with van der Waals surface area (Å²) in [6.07, 6.45) is 0. The molecule has 0 bridgehead atoms. The van der Waals surface area contributed by atoms with E-state index in [4.69, 9.17) is 14.4 Å². The fourth-order valence-corrected chi connectivity index (χ4v) is 7.88. The summed E-state index contributed by atoms with van der Waals surface area (Å²) in [5, 5.41) is 6.83.